The van der Waals surface area contributed by atoms with Crippen LogP contribution in [0.25, 0.3) is 0 Å². The van der Waals surface area contributed by atoms with Gasteiger partial charge in [0.1, 0.15) is 5.82 Å². The van der Waals surface area contributed by atoms with Crippen molar-refractivity contribution in [3.8, 4) is 0 Å². The minimum Gasteiger partial charge on any atom is -0.348 e. The Morgan fingerprint density at radius 2 is 2.14 bits per heavy atom. The number of hydrogen-bond acceptors (Lipinski definition) is 3. The van der Waals surface area contributed by atoms with E-state index in [4.69, 9.17) is 0 Å². The highest BCUT2D eigenvalue weighted by Gasteiger charge is 2.27. The molecule has 8 heteroatoms. The van der Waals surface area contributed by atoms with Gasteiger partial charge in [-0.25, -0.2) is 4.39 Å². The molecule has 1 heterocycles. The summed E-state index contributed by atoms with van der Waals surface area (Å²) in [4.78, 5) is 12.5. The van der Waals surface area contributed by atoms with Gasteiger partial charge in [-0.15, -0.1) is 11.8 Å². The first-order chi connectivity index (χ1) is 9.85. The second-order valence-corrected chi connectivity index (χ2v) is 5.79. The van der Waals surface area contributed by atoms with E-state index in [-0.39, 0.29) is 6.04 Å². The topological polar surface area (TPSA) is 41.1 Å². The fourth-order valence-electron chi connectivity index (χ4n) is 2.08. The Balaban J connectivity index is 1.92. The SMILES string of the molecule is O=C(CNCC(F)(F)F)NC1CCSc2ccc(F)cc21. The minimum absolute atomic E-state index is 0.364. The average molecular weight is 322 g/mol. The summed E-state index contributed by atoms with van der Waals surface area (Å²) in [6.45, 7) is -1.64. The molecule has 116 valence electrons. The van der Waals surface area contributed by atoms with Crippen molar-refractivity contribution < 1.29 is 22.4 Å². The highest BCUT2D eigenvalue weighted by Crippen LogP contribution is 2.36. The van der Waals surface area contributed by atoms with E-state index in [0.29, 0.717) is 12.0 Å². The minimum atomic E-state index is -4.35. The van der Waals surface area contributed by atoms with Gasteiger partial charge >= 0.3 is 6.18 Å². The van der Waals surface area contributed by atoms with E-state index >= 15 is 0 Å². The number of alkyl halides is 3. The van der Waals surface area contributed by atoms with Crippen LogP contribution in [0.15, 0.2) is 23.1 Å². The Morgan fingerprint density at radius 1 is 1.38 bits per heavy atom. The van der Waals surface area contributed by atoms with E-state index in [2.05, 4.69) is 5.32 Å². The van der Waals surface area contributed by atoms with Gasteiger partial charge in [0, 0.05) is 10.6 Å². The van der Waals surface area contributed by atoms with Gasteiger partial charge in [0.15, 0.2) is 0 Å². The van der Waals surface area contributed by atoms with Gasteiger partial charge in [-0.3, -0.25) is 4.79 Å². The number of rotatable bonds is 4. The summed E-state index contributed by atoms with van der Waals surface area (Å²) in [6.07, 6.45) is -3.73. The van der Waals surface area contributed by atoms with Crippen LogP contribution in [0, 0.1) is 5.82 Å². The van der Waals surface area contributed by atoms with Crippen molar-refractivity contribution in [3.63, 3.8) is 0 Å². The van der Waals surface area contributed by atoms with Crippen LogP contribution in [0.3, 0.4) is 0 Å². The molecule has 21 heavy (non-hydrogen) atoms. The van der Waals surface area contributed by atoms with Gasteiger partial charge in [0.2, 0.25) is 5.91 Å². The Hall–Kier alpha value is -1.28. The molecule has 1 aromatic rings. The Labute approximate surface area is 123 Å². The molecule has 2 rings (SSSR count). The second kappa shape index (κ2) is 6.65. The number of nitrogens with one attached hydrogen (secondary N) is 2. The van der Waals surface area contributed by atoms with E-state index in [9.17, 15) is 22.4 Å². The van der Waals surface area contributed by atoms with Crippen molar-refractivity contribution in [2.45, 2.75) is 23.5 Å². The predicted octanol–water partition coefficient (Wildman–Crippen LogP) is 2.63. The lowest BCUT2D eigenvalue weighted by Crippen LogP contribution is -2.40. The third-order valence-corrected chi connectivity index (χ3v) is 4.08. The third-order valence-electron chi connectivity index (χ3n) is 2.96. The van der Waals surface area contributed by atoms with Gasteiger partial charge in [-0.2, -0.15) is 13.2 Å². The molecule has 0 fully saturated rings. The largest absolute Gasteiger partial charge is 0.401 e. The molecule has 0 spiro atoms. The first-order valence-electron chi connectivity index (χ1n) is 6.34. The van der Waals surface area contributed by atoms with Crippen LogP contribution in [-0.4, -0.2) is 30.9 Å². The van der Waals surface area contributed by atoms with Crippen molar-refractivity contribution in [3.05, 3.63) is 29.6 Å². The molecule has 1 atom stereocenters. The molecule has 0 bridgehead atoms. The summed E-state index contributed by atoms with van der Waals surface area (Å²) in [5.74, 6) is -0.170. The zero-order chi connectivity index (χ0) is 15.5. The molecule has 1 amide bonds. The number of carbonyl (C=O) groups is 1. The van der Waals surface area contributed by atoms with E-state index in [1.165, 1.54) is 12.1 Å². The van der Waals surface area contributed by atoms with Gasteiger partial charge < -0.3 is 10.6 Å². The number of halogens is 4. The number of fused-ring (bicyclic) bond motifs is 1. The summed E-state index contributed by atoms with van der Waals surface area (Å²) in [6, 6.07) is 3.99. The smallest absolute Gasteiger partial charge is 0.348 e. The Kier molecular flexibility index (Phi) is 5.10. The van der Waals surface area contributed by atoms with Gasteiger partial charge in [-0.1, -0.05) is 0 Å². The number of carbonyl (C=O) groups excluding carboxylic acids is 1. The molecule has 0 aliphatic carbocycles. The van der Waals surface area contributed by atoms with E-state index in [1.54, 1.807) is 17.8 Å². The predicted molar refractivity (Wildman–Crippen MR) is 71.5 cm³/mol. The number of thioether (sulfide) groups is 1. The number of amides is 1. The van der Waals surface area contributed by atoms with E-state index in [0.717, 1.165) is 10.6 Å². The molecular formula is C13H14F4N2OS. The molecule has 0 aromatic heterocycles. The van der Waals surface area contributed by atoms with Crippen molar-refractivity contribution in [1.29, 1.82) is 0 Å². The maximum atomic E-state index is 13.3. The van der Waals surface area contributed by atoms with Crippen LogP contribution < -0.4 is 10.6 Å². The fourth-order valence-corrected chi connectivity index (χ4v) is 3.18. The Bertz CT molecular complexity index is 521. The van der Waals surface area contributed by atoms with E-state index in [1.807, 2.05) is 5.32 Å². The van der Waals surface area contributed by atoms with Crippen LogP contribution in [0.1, 0.15) is 18.0 Å². The van der Waals surface area contributed by atoms with Crippen molar-refractivity contribution in [1.82, 2.24) is 10.6 Å². The molecular weight excluding hydrogens is 308 g/mol. The van der Waals surface area contributed by atoms with Crippen LogP contribution in [0.4, 0.5) is 17.6 Å². The van der Waals surface area contributed by atoms with Gasteiger partial charge in [0.05, 0.1) is 19.1 Å². The quantitative estimate of drug-likeness (QED) is 0.838. The first-order valence-corrected chi connectivity index (χ1v) is 7.33. The third kappa shape index (κ3) is 4.89. The van der Waals surface area contributed by atoms with E-state index < -0.39 is 31.0 Å². The highest BCUT2D eigenvalue weighted by atomic mass is 32.2. The van der Waals surface area contributed by atoms with Crippen LogP contribution in [0.5, 0.6) is 0 Å². The maximum absolute atomic E-state index is 13.3. The van der Waals surface area contributed by atoms with Crippen molar-refractivity contribution in [2.75, 3.05) is 18.8 Å². The maximum Gasteiger partial charge on any atom is 0.401 e. The summed E-state index contributed by atoms with van der Waals surface area (Å²) >= 11 is 1.57. The molecule has 0 saturated carbocycles. The monoisotopic (exact) mass is 322 g/mol. The molecule has 1 aliphatic heterocycles. The summed E-state index contributed by atoms with van der Waals surface area (Å²) in [5, 5.41) is 4.67. The fraction of sp³-hybridized carbons (Fsp3) is 0.462. The number of hydrogen-bond donors (Lipinski definition) is 2. The second-order valence-electron chi connectivity index (χ2n) is 4.66. The summed E-state index contributed by atoms with van der Waals surface area (Å²) < 4.78 is 49.2. The zero-order valence-corrected chi connectivity index (χ0v) is 11.8. The van der Waals surface area contributed by atoms with Gasteiger partial charge in [0.25, 0.3) is 0 Å². The number of benzene rings is 1. The first kappa shape index (κ1) is 16.1. The Morgan fingerprint density at radius 3 is 2.86 bits per heavy atom. The zero-order valence-electron chi connectivity index (χ0n) is 11.0. The molecule has 1 unspecified atom stereocenters. The highest BCUT2D eigenvalue weighted by molar-refractivity contribution is 7.99. The summed E-state index contributed by atoms with van der Waals surface area (Å²) in [5.41, 5.74) is 0.676. The molecule has 1 aromatic carbocycles. The lowest BCUT2D eigenvalue weighted by molar-refractivity contribution is -0.128. The average Bonchev–Trinajstić information content (AvgIpc) is 2.38. The molecule has 3 nitrogen and oxygen atoms in total. The lowest BCUT2D eigenvalue weighted by Gasteiger charge is -2.26. The van der Waals surface area contributed by atoms with Crippen molar-refractivity contribution in [2.24, 2.45) is 0 Å². The van der Waals surface area contributed by atoms with Crippen LogP contribution in [0.2, 0.25) is 0 Å². The van der Waals surface area contributed by atoms with Crippen LogP contribution in [-0.2, 0) is 4.79 Å². The van der Waals surface area contributed by atoms with Crippen molar-refractivity contribution >= 4 is 17.7 Å². The summed E-state index contributed by atoms with van der Waals surface area (Å²) in [7, 11) is 0. The normalized spacial score (nSPS) is 18.2. The molecule has 2 N–H and O–H groups in total. The lowest BCUT2D eigenvalue weighted by atomic mass is 10.0. The molecule has 1 aliphatic rings. The van der Waals surface area contributed by atoms with Gasteiger partial charge in [-0.05, 0) is 30.2 Å². The van der Waals surface area contributed by atoms with Crippen LogP contribution >= 0.6 is 11.8 Å². The standard InChI is InChI=1S/C13H14F4N2OS/c14-8-1-2-11-9(5-8)10(3-4-21-11)19-12(20)6-18-7-13(15,16)17/h1-2,5,10,18H,3-4,6-7H2,(H,19,20). The molecule has 0 radical (unpaired) electrons. The molecule has 0 saturated heterocycles.